The van der Waals surface area contributed by atoms with Crippen LogP contribution in [0.2, 0.25) is 0 Å². The van der Waals surface area contributed by atoms with E-state index in [0.717, 1.165) is 5.69 Å². The number of Topliss-reactive ketones (excluding diaryl/α,β-unsaturated/α-hetero) is 1. The minimum Gasteiger partial charge on any atom is -0.466 e. The highest BCUT2D eigenvalue weighted by molar-refractivity contribution is 5.86. The third-order valence-electron chi connectivity index (χ3n) is 2.90. The van der Waals surface area contributed by atoms with Gasteiger partial charge in [-0.1, -0.05) is 18.2 Å². The van der Waals surface area contributed by atoms with E-state index in [1.807, 2.05) is 35.2 Å². The quantitative estimate of drug-likeness (QED) is 0.652. The molecule has 0 aromatic heterocycles. The number of anilines is 1. The molecule has 0 aliphatic carbocycles. The molecule has 0 aliphatic heterocycles. The highest BCUT2D eigenvalue weighted by Crippen LogP contribution is 2.14. The van der Waals surface area contributed by atoms with Crippen LogP contribution in [0.1, 0.15) is 26.2 Å². The Labute approximate surface area is 125 Å². The summed E-state index contributed by atoms with van der Waals surface area (Å²) in [6.07, 6.45) is 0.613. The third kappa shape index (κ3) is 6.57. The van der Waals surface area contributed by atoms with Gasteiger partial charge >= 0.3 is 5.97 Å². The first-order valence-corrected chi connectivity index (χ1v) is 7.01. The van der Waals surface area contributed by atoms with Crippen molar-refractivity contribution >= 4 is 17.4 Å². The van der Waals surface area contributed by atoms with Gasteiger partial charge in [0.1, 0.15) is 0 Å². The molecule has 1 aromatic carbocycles. The fourth-order valence-electron chi connectivity index (χ4n) is 1.89. The average molecular weight is 288 g/mol. The van der Waals surface area contributed by atoms with Gasteiger partial charge in [-0.25, -0.2) is 0 Å². The fourth-order valence-corrected chi connectivity index (χ4v) is 1.89. The van der Waals surface area contributed by atoms with Crippen LogP contribution in [-0.2, 0) is 14.3 Å². The summed E-state index contributed by atoms with van der Waals surface area (Å²) in [4.78, 5) is 25.1. The smallest absolute Gasteiger partial charge is 0.306 e. The Kier molecular flexibility index (Phi) is 7.59. The molecule has 0 N–H and O–H groups in total. The van der Waals surface area contributed by atoms with E-state index in [9.17, 15) is 9.59 Å². The monoisotopic (exact) mass is 288 g/mol. The van der Waals surface area contributed by atoms with E-state index in [-0.39, 0.29) is 31.1 Å². The molecule has 0 heterocycles. The van der Waals surface area contributed by atoms with Gasteiger partial charge in [-0.15, -0.1) is 0 Å². The summed E-state index contributed by atoms with van der Waals surface area (Å²) >= 11 is 0. The van der Waals surface area contributed by atoms with Crippen LogP contribution in [0.4, 0.5) is 5.69 Å². The van der Waals surface area contributed by atoms with Gasteiger partial charge in [0.2, 0.25) is 0 Å². The molecule has 0 aliphatic rings. The Morgan fingerprint density at radius 3 is 2.57 bits per heavy atom. The second-order valence-electron chi connectivity index (χ2n) is 4.51. The highest BCUT2D eigenvalue weighted by atomic mass is 16.5. The predicted octanol–water partition coefficient (Wildman–Crippen LogP) is 2.32. The number of ketones is 1. The molecule has 0 amide bonds. The van der Waals surface area contributed by atoms with E-state index in [1.54, 1.807) is 6.92 Å². The molecule has 0 saturated carbocycles. The molecule has 1 rings (SSSR count). The van der Waals surface area contributed by atoms with Crippen molar-refractivity contribution in [2.24, 2.45) is 0 Å². The van der Waals surface area contributed by atoms with Crippen molar-refractivity contribution in [1.29, 1.82) is 5.26 Å². The topological polar surface area (TPSA) is 70.4 Å². The van der Waals surface area contributed by atoms with E-state index >= 15 is 0 Å². The van der Waals surface area contributed by atoms with Gasteiger partial charge in [0.15, 0.2) is 5.78 Å². The molecule has 1 aromatic rings. The standard InChI is InChI=1S/C16H20N2O3/c1-2-21-16(20)10-9-15(19)13-18(12-6-11-17)14-7-4-3-5-8-14/h3-5,7-8H,2,6,9-10,12-13H2,1H3. The number of nitrogens with zero attached hydrogens (tertiary/aromatic N) is 2. The van der Waals surface area contributed by atoms with Crippen molar-refractivity contribution in [3.63, 3.8) is 0 Å². The molecule has 5 nitrogen and oxygen atoms in total. The second kappa shape index (κ2) is 9.54. The average Bonchev–Trinajstić information content (AvgIpc) is 2.50. The number of esters is 1. The van der Waals surface area contributed by atoms with Crippen LogP contribution in [0.5, 0.6) is 0 Å². The molecule has 0 atom stereocenters. The molecule has 112 valence electrons. The predicted molar refractivity (Wildman–Crippen MR) is 79.8 cm³/mol. The van der Waals surface area contributed by atoms with Crippen molar-refractivity contribution in [2.45, 2.75) is 26.2 Å². The Hall–Kier alpha value is -2.35. The Bertz CT molecular complexity index is 494. The van der Waals surface area contributed by atoms with Gasteiger partial charge in [0.25, 0.3) is 0 Å². The summed E-state index contributed by atoms with van der Waals surface area (Å²) < 4.78 is 4.80. The van der Waals surface area contributed by atoms with Crippen molar-refractivity contribution in [2.75, 3.05) is 24.6 Å². The van der Waals surface area contributed by atoms with Crippen molar-refractivity contribution in [3.8, 4) is 6.07 Å². The number of ether oxygens (including phenoxy) is 1. The number of carbonyl (C=O) groups is 2. The number of rotatable bonds is 9. The van der Waals surface area contributed by atoms with Gasteiger partial charge < -0.3 is 9.64 Å². The first-order valence-electron chi connectivity index (χ1n) is 7.01. The number of nitriles is 1. The SMILES string of the molecule is CCOC(=O)CCC(=O)CN(CCC#N)c1ccccc1. The Morgan fingerprint density at radius 2 is 1.95 bits per heavy atom. The highest BCUT2D eigenvalue weighted by Gasteiger charge is 2.13. The van der Waals surface area contributed by atoms with Gasteiger partial charge in [0, 0.05) is 18.7 Å². The largest absolute Gasteiger partial charge is 0.466 e. The first kappa shape index (κ1) is 16.7. The number of hydrogen-bond acceptors (Lipinski definition) is 5. The van der Waals surface area contributed by atoms with Gasteiger partial charge in [0.05, 0.1) is 32.1 Å². The molecule has 5 heteroatoms. The van der Waals surface area contributed by atoms with E-state index in [0.29, 0.717) is 19.6 Å². The zero-order valence-electron chi connectivity index (χ0n) is 12.2. The van der Waals surface area contributed by atoms with E-state index < -0.39 is 0 Å². The molecule has 21 heavy (non-hydrogen) atoms. The number of hydrogen-bond donors (Lipinski definition) is 0. The molecule has 0 bridgehead atoms. The molecule has 0 spiro atoms. The minimum absolute atomic E-state index is 0.0372. The molecular formula is C16H20N2O3. The van der Waals surface area contributed by atoms with Crippen LogP contribution in [0.3, 0.4) is 0 Å². The summed E-state index contributed by atoms with van der Waals surface area (Å²) in [6.45, 7) is 2.75. The normalized spacial score (nSPS) is 9.71. The lowest BCUT2D eigenvalue weighted by molar-refractivity contribution is -0.144. The van der Waals surface area contributed by atoms with Crippen LogP contribution in [0.25, 0.3) is 0 Å². The Balaban J connectivity index is 2.54. The lowest BCUT2D eigenvalue weighted by atomic mass is 10.2. The van der Waals surface area contributed by atoms with Crippen molar-refractivity contribution in [3.05, 3.63) is 30.3 Å². The third-order valence-corrected chi connectivity index (χ3v) is 2.90. The number of benzene rings is 1. The van der Waals surface area contributed by atoms with Crippen molar-refractivity contribution < 1.29 is 14.3 Å². The Morgan fingerprint density at radius 1 is 1.24 bits per heavy atom. The maximum atomic E-state index is 12.0. The van der Waals surface area contributed by atoms with Crippen LogP contribution in [0.15, 0.2) is 30.3 Å². The molecule has 0 unspecified atom stereocenters. The summed E-state index contributed by atoms with van der Waals surface area (Å²) in [7, 11) is 0. The van der Waals surface area contributed by atoms with Crippen LogP contribution >= 0.6 is 0 Å². The summed E-state index contributed by atoms with van der Waals surface area (Å²) in [5.41, 5.74) is 0.900. The lowest BCUT2D eigenvalue weighted by Gasteiger charge is -2.22. The number of carbonyl (C=O) groups excluding carboxylic acids is 2. The maximum Gasteiger partial charge on any atom is 0.306 e. The van der Waals surface area contributed by atoms with Crippen molar-refractivity contribution in [1.82, 2.24) is 0 Å². The molecule has 0 saturated heterocycles. The lowest BCUT2D eigenvalue weighted by Crippen LogP contribution is -2.31. The molecule has 0 radical (unpaired) electrons. The second-order valence-corrected chi connectivity index (χ2v) is 4.51. The summed E-state index contributed by atoms with van der Waals surface area (Å²) in [5, 5.41) is 8.71. The first-order chi connectivity index (χ1) is 10.2. The van der Waals surface area contributed by atoms with Crippen LogP contribution in [-0.4, -0.2) is 31.4 Å². The maximum absolute atomic E-state index is 12.0. The fraction of sp³-hybridized carbons (Fsp3) is 0.438. The van der Waals surface area contributed by atoms with Gasteiger partial charge in [-0.2, -0.15) is 5.26 Å². The van der Waals surface area contributed by atoms with Gasteiger partial charge in [-0.05, 0) is 19.1 Å². The molecular weight excluding hydrogens is 268 g/mol. The minimum atomic E-state index is -0.353. The summed E-state index contributed by atoms with van der Waals surface area (Å²) in [6, 6.07) is 11.5. The zero-order chi connectivity index (χ0) is 15.5. The van der Waals surface area contributed by atoms with E-state index in [2.05, 4.69) is 6.07 Å². The molecule has 0 fully saturated rings. The van der Waals surface area contributed by atoms with Gasteiger partial charge in [-0.3, -0.25) is 9.59 Å². The number of para-hydroxylation sites is 1. The van der Waals surface area contributed by atoms with E-state index in [1.165, 1.54) is 0 Å². The zero-order valence-corrected chi connectivity index (χ0v) is 12.2. The summed E-state index contributed by atoms with van der Waals surface area (Å²) in [5.74, 6) is -0.390. The van der Waals surface area contributed by atoms with E-state index in [4.69, 9.17) is 10.00 Å². The van der Waals surface area contributed by atoms with Crippen LogP contribution in [0, 0.1) is 11.3 Å². The van der Waals surface area contributed by atoms with Crippen LogP contribution < -0.4 is 4.90 Å².